The van der Waals surface area contributed by atoms with Crippen LogP contribution in [-0.2, 0) is 22.6 Å². The first-order chi connectivity index (χ1) is 9.21. The van der Waals surface area contributed by atoms with Crippen LogP contribution in [0.1, 0.15) is 37.9 Å². The summed E-state index contributed by atoms with van der Waals surface area (Å²) in [5.74, 6) is -2.26. The molecule has 0 saturated carbocycles. The molecule has 1 aliphatic carbocycles. The van der Waals surface area contributed by atoms with Gasteiger partial charge in [0.05, 0.1) is 12.0 Å². The lowest BCUT2D eigenvalue weighted by Gasteiger charge is -2.28. The maximum atomic E-state index is 14.0. The zero-order chi connectivity index (χ0) is 15.1. The Bertz CT molecular complexity index is 530. The number of carboxylic acid groups (broad SMARTS) is 1. The number of carbonyl (C=O) groups is 1. The average Bonchev–Trinajstić information content (AvgIpc) is 2.68. The Labute approximate surface area is 120 Å². The molecule has 1 aromatic rings. The van der Waals surface area contributed by atoms with E-state index < -0.39 is 39.9 Å². The number of hydrogen-bond acceptors (Lipinski definition) is 3. The van der Waals surface area contributed by atoms with Crippen molar-refractivity contribution in [1.29, 1.82) is 0 Å². The second kappa shape index (κ2) is 5.35. The van der Waals surface area contributed by atoms with E-state index in [2.05, 4.69) is 4.72 Å². The minimum absolute atomic E-state index is 0.251. The summed E-state index contributed by atoms with van der Waals surface area (Å²) in [6, 6.07) is 3.83. The number of nitrogens with one attached hydrogen (secondary N) is 1. The average molecular weight is 299 g/mol. The molecule has 4 nitrogen and oxygen atoms in total. The van der Waals surface area contributed by atoms with Gasteiger partial charge in [-0.3, -0.25) is 4.79 Å². The van der Waals surface area contributed by atoms with Crippen molar-refractivity contribution in [3.8, 4) is 0 Å². The standard InChI is InChI=1S/C14H18FNO3S/c1-14(2,3)20(19)16-12-9(13(17)18)7-8-5-4-6-10(15)11(8)12/h4-6,9,12,16H,7H2,1-3H3,(H,17,18)/t9-,12-,20-/m0/s1. The van der Waals surface area contributed by atoms with Gasteiger partial charge < -0.3 is 9.66 Å². The van der Waals surface area contributed by atoms with Gasteiger partial charge in [0.1, 0.15) is 10.6 Å². The summed E-state index contributed by atoms with van der Waals surface area (Å²) in [6.45, 7) is 5.34. The number of rotatable bonds is 3. The molecule has 110 valence electrons. The number of benzene rings is 1. The highest BCUT2D eigenvalue weighted by Gasteiger charge is 2.43. The van der Waals surface area contributed by atoms with Crippen LogP contribution in [0.5, 0.6) is 0 Å². The first kappa shape index (κ1) is 15.3. The summed E-state index contributed by atoms with van der Waals surface area (Å²) in [4.78, 5) is 11.4. The molecular formula is C14H18FNO3S. The third-order valence-corrected chi connectivity index (χ3v) is 4.98. The summed E-state index contributed by atoms with van der Waals surface area (Å²) in [7, 11) is 0. The van der Waals surface area contributed by atoms with E-state index in [1.807, 2.05) is 0 Å². The third-order valence-electron chi connectivity index (χ3n) is 3.40. The first-order valence-electron chi connectivity index (χ1n) is 6.40. The summed E-state index contributed by atoms with van der Waals surface area (Å²) in [5, 5.41) is 9.30. The second-order valence-corrected chi connectivity index (χ2v) is 7.94. The molecule has 0 bridgehead atoms. The van der Waals surface area contributed by atoms with Crippen LogP contribution < -0.4 is 4.72 Å². The SMILES string of the molecule is CC(C)(C)[S@+]([O-])N[C@@H]1c2c(F)cccc2C[C@@H]1C(=O)O. The number of fused-ring (bicyclic) bond motifs is 1. The van der Waals surface area contributed by atoms with E-state index in [4.69, 9.17) is 0 Å². The van der Waals surface area contributed by atoms with Crippen molar-refractivity contribution in [2.75, 3.05) is 0 Å². The van der Waals surface area contributed by atoms with E-state index in [-0.39, 0.29) is 6.42 Å². The van der Waals surface area contributed by atoms with Gasteiger partial charge in [-0.25, -0.2) is 4.39 Å². The monoisotopic (exact) mass is 299 g/mol. The van der Waals surface area contributed by atoms with Crippen LogP contribution >= 0.6 is 0 Å². The Balaban J connectivity index is 2.35. The second-order valence-electron chi connectivity index (χ2n) is 5.94. The Hall–Kier alpha value is -1.11. The highest BCUT2D eigenvalue weighted by molar-refractivity contribution is 7.90. The van der Waals surface area contributed by atoms with E-state index in [0.717, 1.165) is 0 Å². The topological polar surface area (TPSA) is 72.4 Å². The smallest absolute Gasteiger partial charge is 0.308 e. The molecule has 0 amide bonds. The first-order valence-corrected chi connectivity index (χ1v) is 7.55. The minimum Gasteiger partial charge on any atom is -0.598 e. The summed E-state index contributed by atoms with van der Waals surface area (Å²) in [6.07, 6.45) is 0.251. The quantitative estimate of drug-likeness (QED) is 0.839. The van der Waals surface area contributed by atoms with Gasteiger partial charge in [-0.1, -0.05) is 12.1 Å². The largest absolute Gasteiger partial charge is 0.598 e. The lowest BCUT2D eigenvalue weighted by molar-refractivity contribution is -0.142. The molecular weight excluding hydrogens is 281 g/mol. The lowest BCUT2D eigenvalue weighted by Crippen LogP contribution is -2.43. The molecule has 0 aromatic heterocycles. The van der Waals surface area contributed by atoms with Gasteiger partial charge in [0.15, 0.2) is 0 Å². The van der Waals surface area contributed by atoms with E-state index >= 15 is 0 Å². The Morgan fingerprint density at radius 2 is 2.15 bits per heavy atom. The van der Waals surface area contributed by atoms with E-state index in [9.17, 15) is 18.8 Å². The fourth-order valence-electron chi connectivity index (χ4n) is 2.33. The van der Waals surface area contributed by atoms with E-state index in [1.165, 1.54) is 6.07 Å². The van der Waals surface area contributed by atoms with Crippen molar-refractivity contribution in [2.24, 2.45) is 5.92 Å². The predicted octanol–water partition coefficient (Wildman–Crippen LogP) is 2.18. The lowest BCUT2D eigenvalue weighted by atomic mass is 10.0. The molecule has 0 heterocycles. The van der Waals surface area contributed by atoms with Crippen molar-refractivity contribution in [2.45, 2.75) is 38.0 Å². The van der Waals surface area contributed by atoms with Crippen LogP contribution in [0, 0.1) is 11.7 Å². The van der Waals surface area contributed by atoms with Gasteiger partial charge in [0.25, 0.3) is 0 Å². The van der Waals surface area contributed by atoms with Gasteiger partial charge in [0, 0.05) is 16.9 Å². The molecule has 6 heteroatoms. The third kappa shape index (κ3) is 2.82. The highest BCUT2D eigenvalue weighted by Crippen LogP contribution is 2.39. The molecule has 1 aliphatic rings. The molecule has 0 saturated heterocycles. The number of halogens is 1. The normalized spacial score (nSPS) is 23.4. The van der Waals surface area contributed by atoms with E-state index in [0.29, 0.717) is 11.1 Å². The summed E-state index contributed by atoms with van der Waals surface area (Å²) < 4.78 is 28.4. The van der Waals surface area contributed by atoms with Crippen molar-refractivity contribution in [1.82, 2.24) is 4.72 Å². The number of aliphatic carboxylic acids is 1. The Morgan fingerprint density at radius 3 is 2.70 bits per heavy atom. The predicted molar refractivity (Wildman–Crippen MR) is 75.0 cm³/mol. The zero-order valence-corrected chi connectivity index (χ0v) is 12.5. The Kier molecular flexibility index (Phi) is 4.09. The molecule has 0 unspecified atom stereocenters. The molecule has 0 spiro atoms. The molecule has 20 heavy (non-hydrogen) atoms. The van der Waals surface area contributed by atoms with Gasteiger partial charge in [0.2, 0.25) is 0 Å². The molecule has 0 aliphatic heterocycles. The maximum absolute atomic E-state index is 14.0. The van der Waals surface area contributed by atoms with Crippen LogP contribution in [0.2, 0.25) is 0 Å². The zero-order valence-electron chi connectivity index (χ0n) is 11.6. The van der Waals surface area contributed by atoms with Crippen LogP contribution in [0.25, 0.3) is 0 Å². The molecule has 0 radical (unpaired) electrons. The van der Waals surface area contributed by atoms with Gasteiger partial charge in [-0.2, -0.15) is 0 Å². The Morgan fingerprint density at radius 1 is 1.50 bits per heavy atom. The van der Waals surface area contributed by atoms with Crippen molar-refractivity contribution >= 4 is 17.3 Å². The maximum Gasteiger partial charge on any atom is 0.308 e. The summed E-state index contributed by atoms with van der Waals surface area (Å²) in [5.41, 5.74) is 0.998. The molecule has 2 N–H and O–H groups in total. The van der Waals surface area contributed by atoms with Crippen LogP contribution in [0.4, 0.5) is 4.39 Å². The fourth-order valence-corrected chi connectivity index (χ4v) is 3.19. The number of hydrogen-bond donors (Lipinski definition) is 2. The van der Waals surface area contributed by atoms with Crippen LogP contribution in [0.3, 0.4) is 0 Å². The van der Waals surface area contributed by atoms with Gasteiger partial charge in [-0.15, -0.1) is 4.72 Å². The molecule has 2 rings (SSSR count). The van der Waals surface area contributed by atoms with Crippen LogP contribution in [-0.4, -0.2) is 20.4 Å². The number of carboxylic acids is 1. The highest BCUT2D eigenvalue weighted by atomic mass is 32.2. The van der Waals surface area contributed by atoms with Gasteiger partial charge >= 0.3 is 5.97 Å². The fraction of sp³-hybridized carbons (Fsp3) is 0.500. The van der Waals surface area contributed by atoms with Crippen molar-refractivity contribution < 1.29 is 18.8 Å². The van der Waals surface area contributed by atoms with Crippen LogP contribution in [0.15, 0.2) is 18.2 Å². The van der Waals surface area contributed by atoms with Crippen molar-refractivity contribution in [3.63, 3.8) is 0 Å². The van der Waals surface area contributed by atoms with Crippen molar-refractivity contribution in [3.05, 3.63) is 35.1 Å². The molecule has 0 fully saturated rings. The van der Waals surface area contributed by atoms with Gasteiger partial charge in [-0.05, 0) is 38.8 Å². The molecule has 1 aromatic carbocycles. The van der Waals surface area contributed by atoms with E-state index in [1.54, 1.807) is 32.9 Å². The molecule has 3 atom stereocenters. The minimum atomic E-state index is -1.46. The summed E-state index contributed by atoms with van der Waals surface area (Å²) >= 11 is -1.46.